The molecule has 1 heterocycles. The Kier molecular flexibility index (Phi) is 4.37. The van der Waals surface area contributed by atoms with Crippen LogP contribution in [0.1, 0.15) is 32.1 Å². The summed E-state index contributed by atoms with van der Waals surface area (Å²) in [5.41, 5.74) is 2.10. The minimum absolute atomic E-state index is 0.0236. The molecule has 0 radical (unpaired) electrons. The quantitative estimate of drug-likeness (QED) is 0.890. The van der Waals surface area contributed by atoms with E-state index in [-0.39, 0.29) is 17.2 Å². The number of carbonyl (C=O) groups excluding carboxylic acids is 1. The third kappa shape index (κ3) is 3.46. The van der Waals surface area contributed by atoms with Crippen LogP contribution in [0.15, 0.2) is 34.8 Å². The number of benzene rings is 1. The average molecular weight is 349 g/mol. The molecule has 2 rings (SSSR count). The van der Waals surface area contributed by atoms with E-state index in [0.717, 1.165) is 5.69 Å². The van der Waals surface area contributed by atoms with Crippen molar-refractivity contribution in [1.29, 1.82) is 0 Å². The lowest BCUT2D eigenvalue weighted by Gasteiger charge is -2.10. The van der Waals surface area contributed by atoms with Gasteiger partial charge in [-0.2, -0.15) is 0 Å². The van der Waals surface area contributed by atoms with Crippen molar-refractivity contribution >= 4 is 33.5 Å². The van der Waals surface area contributed by atoms with Crippen LogP contribution >= 0.6 is 15.9 Å². The van der Waals surface area contributed by atoms with Crippen molar-refractivity contribution in [2.45, 2.75) is 13.8 Å². The summed E-state index contributed by atoms with van der Waals surface area (Å²) in [6, 6.07) is 8.07. The maximum Gasteiger partial charge on any atom is 0.337 e. The Balaban J connectivity index is 2.34. The van der Waals surface area contributed by atoms with Gasteiger partial charge in [-0.15, -0.1) is 0 Å². The van der Waals surface area contributed by atoms with Gasteiger partial charge in [-0.3, -0.25) is 9.78 Å². The summed E-state index contributed by atoms with van der Waals surface area (Å²) in [6.07, 6.45) is 0. The summed E-state index contributed by atoms with van der Waals surface area (Å²) < 4.78 is 0.631. The minimum Gasteiger partial charge on any atom is -0.478 e. The number of rotatable bonds is 3. The molecule has 0 saturated heterocycles. The van der Waals surface area contributed by atoms with Crippen molar-refractivity contribution in [3.8, 4) is 0 Å². The van der Waals surface area contributed by atoms with Crippen molar-refractivity contribution in [2.24, 2.45) is 0 Å². The van der Waals surface area contributed by atoms with Gasteiger partial charge < -0.3 is 10.4 Å². The van der Waals surface area contributed by atoms with E-state index in [9.17, 15) is 14.7 Å². The zero-order valence-corrected chi connectivity index (χ0v) is 13.1. The van der Waals surface area contributed by atoms with Crippen molar-refractivity contribution in [3.05, 3.63) is 57.3 Å². The predicted molar refractivity (Wildman–Crippen MR) is 82.8 cm³/mol. The van der Waals surface area contributed by atoms with Crippen LogP contribution < -0.4 is 5.32 Å². The molecule has 6 heteroatoms. The number of carboxylic acid groups (broad SMARTS) is 1. The first kappa shape index (κ1) is 15.2. The van der Waals surface area contributed by atoms with Crippen LogP contribution in [0, 0.1) is 13.8 Å². The first-order valence-corrected chi connectivity index (χ1v) is 6.96. The van der Waals surface area contributed by atoms with Crippen molar-refractivity contribution < 1.29 is 14.7 Å². The Bertz CT molecular complexity index is 729. The topological polar surface area (TPSA) is 79.3 Å². The summed E-state index contributed by atoms with van der Waals surface area (Å²) in [4.78, 5) is 27.7. The molecule has 0 atom stereocenters. The lowest BCUT2D eigenvalue weighted by molar-refractivity contribution is 0.0698. The largest absolute Gasteiger partial charge is 0.478 e. The zero-order chi connectivity index (χ0) is 15.6. The number of carboxylic acids is 1. The van der Waals surface area contributed by atoms with Crippen molar-refractivity contribution in [1.82, 2.24) is 4.98 Å². The summed E-state index contributed by atoms with van der Waals surface area (Å²) in [6.45, 7) is 3.58. The molecular formula is C15H13BrN2O3. The van der Waals surface area contributed by atoms with Gasteiger partial charge >= 0.3 is 5.97 Å². The van der Waals surface area contributed by atoms with Crippen LogP contribution in [0.3, 0.4) is 0 Å². The number of halogens is 1. The fourth-order valence-corrected chi connectivity index (χ4v) is 2.28. The smallest absolute Gasteiger partial charge is 0.337 e. The Morgan fingerprint density at radius 3 is 2.48 bits per heavy atom. The highest BCUT2D eigenvalue weighted by molar-refractivity contribution is 9.10. The fourth-order valence-electron chi connectivity index (χ4n) is 1.92. The molecule has 1 aromatic heterocycles. The van der Waals surface area contributed by atoms with Gasteiger partial charge in [0.15, 0.2) is 0 Å². The van der Waals surface area contributed by atoms with Crippen LogP contribution in [-0.2, 0) is 0 Å². The van der Waals surface area contributed by atoms with Crippen LogP contribution in [0.25, 0.3) is 0 Å². The molecular weight excluding hydrogens is 336 g/mol. The van der Waals surface area contributed by atoms with Crippen LogP contribution in [0.2, 0.25) is 0 Å². The first-order chi connectivity index (χ1) is 9.88. The fraction of sp³-hybridized carbons (Fsp3) is 0.133. The van der Waals surface area contributed by atoms with E-state index in [1.165, 1.54) is 6.07 Å². The molecule has 1 aromatic carbocycles. The van der Waals surface area contributed by atoms with E-state index in [2.05, 4.69) is 26.2 Å². The highest BCUT2D eigenvalue weighted by atomic mass is 79.9. The van der Waals surface area contributed by atoms with Gasteiger partial charge in [0.1, 0.15) is 0 Å². The Labute approximate surface area is 130 Å². The maximum atomic E-state index is 12.3. The molecule has 0 bridgehead atoms. The van der Waals surface area contributed by atoms with Gasteiger partial charge in [-0.1, -0.05) is 15.9 Å². The normalized spacial score (nSPS) is 10.2. The van der Waals surface area contributed by atoms with Gasteiger partial charge in [-0.25, -0.2) is 4.79 Å². The standard InChI is InChI=1S/C15H13BrN2O3/c1-8-3-5-11(9(2)17-8)14(19)18-13-6-4-10(16)7-12(13)15(20)21/h3-7H,1-2H3,(H,18,19)(H,20,21). The van der Waals surface area contributed by atoms with Gasteiger partial charge in [-0.05, 0) is 44.2 Å². The number of aryl methyl sites for hydroxylation is 2. The number of carbonyl (C=O) groups is 2. The molecule has 0 spiro atoms. The Morgan fingerprint density at radius 1 is 1.14 bits per heavy atom. The van der Waals surface area contributed by atoms with Gasteiger partial charge in [0.05, 0.1) is 22.5 Å². The molecule has 0 fully saturated rings. The second kappa shape index (κ2) is 6.05. The lowest BCUT2D eigenvalue weighted by atomic mass is 10.1. The number of anilines is 1. The van der Waals surface area contributed by atoms with Crippen LogP contribution in [0.4, 0.5) is 5.69 Å². The second-order valence-electron chi connectivity index (χ2n) is 4.53. The molecule has 1 amide bonds. The Hall–Kier alpha value is -2.21. The lowest BCUT2D eigenvalue weighted by Crippen LogP contribution is -2.16. The minimum atomic E-state index is -1.11. The number of nitrogens with zero attached hydrogens (tertiary/aromatic N) is 1. The summed E-state index contributed by atoms with van der Waals surface area (Å²) in [5, 5.41) is 11.8. The van der Waals surface area contributed by atoms with E-state index >= 15 is 0 Å². The van der Waals surface area contributed by atoms with Crippen molar-refractivity contribution in [3.63, 3.8) is 0 Å². The third-order valence-corrected chi connectivity index (χ3v) is 3.42. The summed E-state index contributed by atoms with van der Waals surface area (Å²) >= 11 is 3.21. The van der Waals surface area contributed by atoms with E-state index in [1.807, 2.05) is 6.92 Å². The van der Waals surface area contributed by atoms with Gasteiger partial charge in [0.2, 0.25) is 0 Å². The SMILES string of the molecule is Cc1ccc(C(=O)Nc2ccc(Br)cc2C(=O)O)c(C)n1. The monoisotopic (exact) mass is 348 g/mol. The molecule has 2 aromatic rings. The maximum absolute atomic E-state index is 12.3. The predicted octanol–water partition coefficient (Wildman–Crippen LogP) is 3.41. The summed E-state index contributed by atoms with van der Waals surface area (Å²) in [5.74, 6) is -1.49. The van der Waals surface area contributed by atoms with Crippen molar-refractivity contribution in [2.75, 3.05) is 5.32 Å². The molecule has 0 aliphatic rings. The number of hydrogen-bond donors (Lipinski definition) is 2. The second-order valence-corrected chi connectivity index (χ2v) is 5.45. The highest BCUT2D eigenvalue weighted by Crippen LogP contribution is 2.22. The van der Waals surface area contributed by atoms with E-state index in [4.69, 9.17) is 0 Å². The number of aromatic carboxylic acids is 1. The number of pyridine rings is 1. The molecule has 21 heavy (non-hydrogen) atoms. The molecule has 5 nitrogen and oxygen atoms in total. The third-order valence-electron chi connectivity index (χ3n) is 2.93. The molecule has 0 saturated carbocycles. The van der Waals surface area contributed by atoms with Gasteiger partial charge in [0, 0.05) is 10.2 Å². The number of amides is 1. The van der Waals surface area contributed by atoms with Crippen LogP contribution in [0.5, 0.6) is 0 Å². The van der Waals surface area contributed by atoms with Gasteiger partial charge in [0.25, 0.3) is 5.91 Å². The van der Waals surface area contributed by atoms with E-state index in [0.29, 0.717) is 15.7 Å². The molecule has 0 unspecified atom stereocenters. The average Bonchev–Trinajstić information content (AvgIpc) is 2.40. The molecule has 108 valence electrons. The molecule has 0 aliphatic heterocycles. The number of nitrogens with one attached hydrogen (secondary N) is 1. The number of hydrogen-bond acceptors (Lipinski definition) is 3. The Morgan fingerprint density at radius 2 is 1.86 bits per heavy atom. The molecule has 2 N–H and O–H groups in total. The first-order valence-electron chi connectivity index (χ1n) is 6.17. The van der Waals surface area contributed by atoms with Crippen LogP contribution in [-0.4, -0.2) is 22.0 Å². The van der Waals surface area contributed by atoms with E-state index < -0.39 is 5.97 Å². The molecule has 0 aliphatic carbocycles. The number of aromatic nitrogens is 1. The zero-order valence-electron chi connectivity index (χ0n) is 11.5. The van der Waals surface area contributed by atoms with E-state index in [1.54, 1.807) is 31.2 Å². The summed E-state index contributed by atoms with van der Waals surface area (Å²) in [7, 11) is 0. The highest BCUT2D eigenvalue weighted by Gasteiger charge is 2.15.